The molecule has 1 aliphatic heterocycles. The highest BCUT2D eigenvalue weighted by atomic mass is 16.2. The van der Waals surface area contributed by atoms with E-state index in [0.29, 0.717) is 19.5 Å². The summed E-state index contributed by atoms with van der Waals surface area (Å²) in [5.74, 6) is -0.125. The number of amides is 2. The van der Waals surface area contributed by atoms with Crippen molar-refractivity contribution in [2.24, 2.45) is 0 Å². The number of benzene rings is 1. The maximum Gasteiger partial charge on any atom is 0.249 e. The van der Waals surface area contributed by atoms with E-state index in [2.05, 4.69) is 22.2 Å². The van der Waals surface area contributed by atoms with Crippen LogP contribution < -0.4 is 5.32 Å². The van der Waals surface area contributed by atoms with Crippen LogP contribution in [0.15, 0.2) is 54.9 Å². The van der Waals surface area contributed by atoms with Gasteiger partial charge in [-0.05, 0) is 37.1 Å². The van der Waals surface area contributed by atoms with Crippen LogP contribution in [0.3, 0.4) is 0 Å². The first kappa shape index (κ1) is 20.0. The van der Waals surface area contributed by atoms with Crippen molar-refractivity contribution in [1.29, 1.82) is 0 Å². The molecule has 148 valence electrons. The van der Waals surface area contributed by atoms with E-state index < -0.39 is 6.04 Å². The van der Waals surface area contributed by atoms with E-state index in [9.17, 15) is 9.59 Å². The van der Waals surface area contributed by atoms with E-state index in [1.54, 1.807) is 6.20 Å². The zero-order valence-electron chi connectivity index (χ0n) is 16.4. The van der Waals surface area contributed by atoms with Crippen molar-refractivity contribution in [1.82, 2.24) is 20.1 Å². The van der Waals surface area contributed by atoms with Gasteiger partial charge >= 0.3 is 0 Å². The summed E-state index contributed by atoms with van der Waals surface area (Å²) in [6.45, 7) is 3.09. The van der Waals surface area contributed by atoms with Crippen LogP contribution in [0, 0.1) is 0 Å². The SMILES string of the molecule is CN1CCN(C(=O)C(NC(=O)CCCc2cccnc2)c2ccccc2)CC1. The molecule has 1 fully saturated rings. The van der Waals surface area contributed by atoms with Gasteiger partial charge in [0.15, 0.2) is 0 Å². The second-order valence-corrected chi connectivity index (χ2v) is 7.25. The van der Waals surface area contributed by atoms with Gasteiger partial charge in [-0.3, -0.25) is 14.6 Å². The molecule has 1 atom stereocenters. The Kier molecular flexibility index (Phi) is 7.14. The highest BCUT2D eigenvalue weighted by molar-refractivity contribution is 5.88. The van der Waals surface area contributed by atoms with E-state index in [4.69, 9.17) is 0 Å². The van der Waals surface area contributed by atoms with Crippen molar-refractivity contribution in [3.05, 3.63) is 66.0 Å². The predicted octanol–water partition coefficient (Wildman–Crippen LogP) is 2.04. The van der Waals surface area contributed by atoms with Gasteiger partial charge in [0.05, 0.1) is 0 Å². The van der Waals surface area contributed by atoms with Gasteiger partial charge in [0.2, 0.25) is 11.8 Å². The minimum atomic E-state index is -0.629. The van der Waals surface area contributed by atoms with Crippen molar-refractivity contribution in [2.75, 3.05) is 33.2 Å². The fourth-order valence-corrected chi connectivity index (χ4v) is 3.37. The number of nitrogens with one attached hydrogen (secondary N) is 1. The quantitative estimate of drug-likeness (QED) is 0.798. The summed E-state index contributed by atoms with van der Waals surface area (Å²) >= 11 is 0. The molecule has 3 rings (SSSR count). The molecule has 0 bridgehead atoms. The Balaban J connectivity index is 1.60. The van der Waals surface area contributed by atoms with Gasteiger partial charge in [-0.15, -0.1) is 0 Å². The molecule has 1 aromatic carbocycles. The first-order valence-corrected chi connectivity index (χ1v) is 9.84. The van der Waals surface area contributed by atoms with E-state index in [-0.39, 0.29) is 11.8 Å². The van der Waals surface area contributed by atoms with Crippen molar-refractivity contribution in [3.63, 3.8) is 0 Å². The summed E-state index contributed by atoms with van der Waals surface area (Å²) in [5, 5.41) is 2.97. The Morgan fingerprint density at radius 2 is 1.82 bits per heavy atom. The number of likely N-dealkylation sites (N-methyl/N-ethyl adjacent to an activating group) is 1. The Bertz CT molecular complexity index is 759. The normalized spacial score (nSPS) is 15.8. The van der Waals surface area contributed by atoms with Crippen LogP contribution in [0.4, 0.5) is 0 Å². The van der Waals surface area contributed by atoms with Gasteiger partial charge in [0.1, 0.15) is 6.04 Å². The fourth-order valence-electron chi connectivity index (χ4n) is 3.37. The molecule has 0 saturated carbocycles. The minimum absolute atomic E-state index is 0.0279. The number of rotatable bonds is 7. The second-order valence-electron chi connectivity index (χ2n) is 7.25. The predicted molar refractivity (Wildman–Crippen MR) is 109 cm³/mol. The molecule has 0 radical (unpaired) electrons. The van der Waals surface area contributed by atoms with Crippen LogP contribution >= 0.6 is 0 Å². The number of pyridine rings is 1. The minimum Gasteiger partial charge on any atom is -0.341 e. The molecule has 1 unspecified atom stereocenters. The largest absolute Gasteiger partial charge is 0.341 e. The lowest BCUT2D eigenvalue weighted by Gasteiger charge is -2.35. The molecule has 1 aromatic heterocycles. The van der Waals surface area contributed by atoms with Crippen LogP contribution in [0.2, 0.25) is 0 Å². The van der Waals surface area contributed by atoms with Crippen molar-refractivity contribution in [2.45, 2.75) is 25.3 Å². The summed E-state index contributed by atoms with van der Waals surface area (Å²) < 4.78 is 0. The maximum absolute atomic E-state index is 13.1. The Morgan fingerprint density at radius 1 is 1.07 bits per heavy atom. The number of aromatic nitrogens is 1. The summed E-state index contributed by atoms with van der Waals surface area (Å²) in [5.41, 5.74) is 1.94. The number of nitrogens with zero attached hydrogens (tertiary/aromatic N) is 3. The topological polar surface area (TPSA) is 65.5 Å². The molecule has 6 nitrogen and oxygen atoms in total. The lowest BCUT2D eigenvalue weighted by Crippen LogP contribution is -2.51. The summed E-state index contributed by atoms with van der Waals surface area (Å²) in [7, 11) is 2.06. The zero-order chi connectivity index (χ0) is 19.8. The number of carbonyl (C=O) groups excluding carboxylic acids is 2. The van der Waals surface area contributed by atoms with Crippen LogP contribution in [0.25, 0.3) is 0 Å². The molecule has 28 heavy (non-hydrogen) atoms. The average Bonchev–Trinajstić information content (AvgIpc) is 2.73. The molecule has 2 amide bonds. The lowest BCUT2D eigenvalue weighted by atomic mass is 10.0. The molecule has 1 aliphatic rings. The van der Waals surface area contributed by atoms with E-state index in [1.807, 2.05) is 53.6 Å². The third kappa shape index (κ3) is 5.63. The first-order chi connectivity index (χ1) is 13.6. The van der Waals surface area contributed by atoms with Gasteiger partial charge in [0, 0.05) is 45.0 Å². The number of aryl methyl sites for hydroxylation is 1. The standard InChI is InChI=1S/C22H28N4O2/c1-25-13-15-26(16-14-25)22(28)21(19-9-3-2-4-10-19)24-20(27)11-5-7-18-8-6-12-23-17-18/h2-4,6,8-10,12,17,21H,5,7,11,13-16H2,1H3,(H,24,27). The van der Waals surface area contributed by atoms with Gasteiger partial charge in [-0.2, -0.15) is 0 Å². The van der Waals surface area contributed by atoms with Gasteiger partial charge in [-0.1, -0.05) is 36.4 Å². The lowest BCUT2D eigenvalue weighted by molar-refractivity contribution is -0.138. The molecule has 2 aromatic rings. The van der Waals surface area contributed by atoms with E-state index in [1.165, 1.54) is 0 Å². The van der Waals surface area contributed by atoms with Crippen LogP contribution in [0.5, 0.6) is 0 Å². The summed E-state index contributed by atoms with van der Waals surface area (Å²) in [6, 6.07) is 12.8. The van der Waals surface area contributed by atoms with Crippen LogP contribution in [0.1, 0.15) is 30.0 Å². The molecule has 1 N–H and O–H groups in total. The Morgan fingerprint density at radius 3 is 2.50 bits per heavy atom. The summed E-state index contributed by atoms with van der Waals surface area (Å²) in [6.07, 6.45) is 5.46. The van der Waals surface area contributed by atoms with E-state index >= 15 is 0 Å². The highest BCUT2D eigenvalue weighted by Gasteiger charge is 2.29. The summed E-state index contributed by atoms with van der Waals surface area (Å²) in [4.78, 5) is 33.8. The van der Waals surface area contributed by atoms with Crippen molar-refractivity contribution >= 4 is 11.8 Å². The number of carbonyl (C=O) groups is 2. The number of hydrogen-bond donors (Lipinski definition) is 1. The third-order valence-corrected chi connectivity index (χ3v) is 5.09. The van der Waals surface area contributed by atoms with Gasteiger partial charge < -0.3 is 15.1 Å². The second kappa shape index (κ2) is 9.99. The maximum atomic E-state index is 13.1. The fraction of sp³-hybridized carbons (Fsp3) is 0.409. The van der Waals surface area contributed by atoms with Crippen LogP contribution in [-0.2, 0) is 16.0 Å². The number of hydrogen-bond acceptors (Lipinski definition) is 4. The first-order valence-electron chi connectivity index (χ1n) is 9.84. The van der Waals surface area contributed by atoms with Crippen molar-refractivity contribution in [3.8, 4) is 0 Å². The van der Waals surface area contributed by atoms with E-state index in [0.717, 1.165) is 37.1 Å². The number of piperazine rings is 1. The molecular formula is C22H28N4O2. The smallest absolute Gasteiger partial charge is 0.249 e. The highest BCUT2D eigenvalue weighted by Crippen LogP contribution is 2.17. The van der Waals surface area contributed by atoms with Crippen LogP contribution in [-0.4, -0.2) is 59.8 Å². The van der Waals surface area contributed by atoms with Gasteiger partial charge in [-0.25, -0.2) is 0 Å². The van der Waals surface area contributed by atoms with Gasteiger partial charge in [0.25, 0.3) is 0 Å². The molecule has 1 saturated heterocycles. The van der Waals surface area contributed by atoms with Crippen molar-refractivity contribution < 1.29 is 9.59 Å². The monoisotopic (exact) mass is 380 g/mol. The average molecular weight is 380 g/mol. The molecule has 0 aliphatic carbocycles. The molecular weight excluding hydrogens is 352 g/mol. The molecule has 2 heterocycles. The molecule has 0 spiro atoms. The Labute approximate surface area is 166 Å². The molecule has 6 heteroatoms. The zero-order valence-corrected chi connectivity index (χ0v) is 16.4. The third-order valence-electron chi connectivity index (χ3n) is 5.09. The Hall–Kier alpha value is -2.73.